The van der Waals surface area contributed by atoms with Crippen molar-refractivity contribution in [1.82, 2.24) is 0 Å². The second-order valence-electron chi connectivity index (χ2n) is 3.78. The molecule has 4 nitrogen and oxygen atoms in total. The van der Waals surface area contributed by atoms with Crippen LogP contribution in [0.2, 0.25) is 0 Å². The van der Waals surface area contributed by atoms with Crippen LogP contribution < -0.4 is 9.47 Å². The molecule has 2 aromatic carbocycles. The smallest absolute Gasteiger partial charge is 0.129 e. The van der Waals surface area contributed by atoms with E-state index in [2.05, 4.69) is 0 Å². The van der Waals surface area contributed by atoms with E-state index in [0.717, 1.165) is 5.56 Å². The highest BCUT2D eigenvalue weighted by atomic mass is 16.5. The molecule has 0 aliphatic carbocycles. The zero-order chi connectivity index (χ0) is 13.0. The van der Waals surface area contributed by atoms with Gasteiger partial charge >= 0.3 is 0 Å². The Labute approximate surface area is 105 Å². The first-order valence-corrected chi connectivity index (χ1v) is 5.47. The Bertz CT molecular complexity index is 537. The maximum Gasteiger partial charge on any atom is 0.129 e. The van der Waals surface area contributed by atoms with Gasteiger partial charge in [0.15, 0.2) is 0 Å². The summed E-state index contributed by atoms with van der Waals surface area (Å²) in [5, 5.41) is 18.6. The second-order valence-corrected chi connectivity index (χ2v) is 3.78. The van der Waals surface area contributed by atoms with E-state index < -0.39 is 0 Å². The Morgan fingerprint density at radius 3 is 2.50 bits per heavy atom. The molecule has 0 spiro atoms. The van der Waals surface area contributed by atoms with Crippen molar-refractivity contribution in [3.8, 4) is 23.0 Å². The van der Waals surface area contributed by atoms with Gasteiger partial charge in [-0.1, -0.05) is 6.07 Å². The number of hydrogen-bond donors (Lipinski definition) is 2. The standard InChI is InChI=1S/C14H14O4/c1-17-14-8-12(16)6-5-10(14)9-18-13-4-2-3-11(15)7-13/h2-8,15-16H,9H2,1H3. The predicted molar refractivity (Wildman–Crippen MR) is 67.1 cm³/mol. The largest absolute Gasteiger partial charge is 0.508 e. The van der Waals surface area contributed by atoms with Gasteiger partial charge in [-0.15, -0.1) is 0 Å². The summed E-state index contributed by atoms with van der Waals surface area (Å²) in [5.74, 6) is 1.44. The maximum absolute atomic E-state index is 9.34. The van der Waals surface area contributed by atoms with Crippen molar-refractivity contribution >= 4 is 0 Å². The van der Waals surface area contributed by atoms with Crippen LogP contribution in [0.5, 0.6) is 23.0 Å². The fraction of sp³-hybridized carbons (Fsp3) is 0.143. The Morgan fingerprint density at radius 2 is 1.78 bits per heavy atom. The fourth-order valence-electron chi connectivity index (χ4n) is 1.59. The van der Waals surface area contributed by atoms with E-state index in [1.54, 1.807) is 30.3 Å². The van der Waals surface area contributed by atoms with Crippen LogP contribution in [0.1, 0.15) is 5.56 Å². The third kappa shape index (κ3) is 2.85. The van der Waals surface area contributed by atoms with Crippen molar-refractivity contribution < 1.29 is 19.7 Å². The number of phenols is 2. The molecule has 0 heterocycles. The summed E-state index contributed by atoms with van der Waals surface area (Å²) >= 11 is 0. The van der Waals surface area contributed by atoms with E-state index >= 15 is 0 Å². The van der Waals surface area contributed by atoms with Crippen LogP contribution in [0.4, 0.5) is 0 Å². The Balaban J connectivity index is 2.10. The minimum Gasteiger partial charge on any atom is -0.508 e. The number of ether oxygens (including phenoxy) is 2. The molecule has 0 saturated heterocycles. The topological polar surface area (TPSA) is 58.9 Å². The second kappa shape index (κ2) is 5.31. The molecule has 2 N–H and O–H groups in total. The van der Waals surface area contributed by atoms with Crippen molar-refractivity contribution in [3.63, 3.8) is 0 Å². The summed E-state index contributed by atoms with van der Waals surface area (Å²) in [6.07, 6.45) is 0. The Kier molecular flexibility index (Phi) is 3.57. The molecule has 4 heteroatoms. The molecule has 0 saturated carbocycles. The number of hydrogen-bond acceptors (Lipinski definition) is 4. The zero-order valence-electron chi connectivity index (χ0n) is 9.96. The minimum absolute atomic E-state index is 0.146. The Morgan fingerprint density at radius 1 is 1.00 bits per heavy atom. The number of methoxy groups -OCH3 is 1. The molecule has 94 valence electrons. The minimum atomic E-state index is 0.146. The number of benzene rings is 2. The lowest BCUT2D eigenvalue weighted by molar-refractivity contribution is 0.294. The van der Waals surface area contributed by atoms with Gasteiger partial charge in [0.1, 0.15) is 29.6 Å². The van der Waals surface area contributed by atoms with E-state index in [1.165, 1.54) is 19.2 Å². The van der Waals surface area contributed by atoms with Gasteiger partial charge in [0.2, 0.25) is 0 Å². The molecule has 0 amide bonds. The highest BCUT2D eigenvalue weighted by Gasteiger charge is 2.05. The molecule has 0 bridgehead atoms. The van der Waals surface area contributed by atoms with Crippen LogP contribution in [0.25, 0.3) is 0 Å². The summed E-state index contributed by atoms with van der Waals surface area (Å²) in [4.78, 5) is 0. The predicted octanol–water partition coefficient (Wildman–Crippen LogP) is 2.69. The third-order valence-electron chi connectivity index (χ3n) is 2.48. The quantitative estimate of drug-likeness (QED) is 0.870. The SMILES string of the molecule is COc1cc(O)ccc1COc1cccc(O)c1. The van der Waals surface area contributed by atoms with Crippen molar-refractivity contribution in [2.45, 2.75) is 6.61 Å². The van der Waals surface area contributed by atoms with Crippen LogP contribution in [-0.2, 0) is 6.61 Å². The van der Waals surface area contributed by atoms with Crippen LogP contribution in [0.15, 0.2) is 42.5 Å². The summed E-state index contributed by atoms with van der Waals surface area (Å²) in [5.41, 5.74) is 0.818. The fourth-order valence-corrected chi connectivity index (χ4v) is 1.59. The normalized spacial score (nSPS) is 10.1. The van der Waals surface area contributed by atoms with E-state index in [9.17, 15) is 10.2 Å². The van der Waals surface area contributed by atoms with Crippen molar-refractivity contribution in [2.24, 2.45) is 0 Å². The van der Waals surface area contributed by atoms with Crippen LogP contribution in [0.3, 0.4) is 0 Å². The van der Waals surface area contributed by atoms with Gasteiger partial charge in [0.05, 0.1) is 7.11 Å². The summed E-state index contributed by atoms with van der Waals surface area (Å²) in [6.45, 7) is 0.299. The molecule has 0 atom stereocenters. The summed E-state index contributed by atoms with van der Waals surface area (Å²) in [7, 11) is 1.53. The molecule has 0 aliphatic heterocycles. The molecule has 2 aromatic rings. The molecule has 0 aliphatic rings. The van der Waals surface area contributed by atoms with Crippen LogP contribution in [0, 0.1) is 0 Å². The molecular formula is C14H14O4. The van der Waals surface area contributed by atoms with Gasteiger partial charge in [0.25, 0.3) is 0 Å². The molecule has 0 aromatic heterocycles. The van der Waals surface area contributed by atoms with Crippen LogP contribution in [-0.4, -0.2) is 17.3 Å². The zero-order valence-corrected chi connectivity index (χ0v) is 9.96. The lowest BCUT2D eigenvalue weighted by Crippen LogP contribution is -1.98. The van der Waals surface area contributed by atoms with Gasteiger partial charge in [-0.25, -0.2) is 0 Å². The highest BCUT2D eigenvalue weighted by Crippen LogP contribution is 2.26. The average Bonchev–Trinajstić information content (AvgIpc) is 2.37. The lowest BCUT2D eigenvalue weighted by atomic mass is 10.2. The number of phenolic OH excluding ortho intramolecular Hbond substituents is 2. The number of aromatic hydroxyl groups is 2. The monoisotopic (exact) mass is 246 g/mol. The summed E-state index contributed by atoms with van der Waals surface area (Å²) in [6, 6.07) is 11.4. The van der Waals surface area contributed by atoms with E-state index in [0.29, 0.717) is 18.1 Å². The lowest BCUT2D eigenvalue weighted by Gasteiger charge is -2.10. The van der Waals surface area contributed by atoms with Crippen LogP contribution >= 0.6 is 0 Å². The van der Waals surface area contributed by atoms with Crippen molar-refractivity contribution in [3.05, 3.63) is 48.0 Å². The van der Waals surface area contributed by atoms with Gasteiger partial charge in [-0.3, -0.25) is 0 Å². The van der Waals surface area contributed by atoms with Gasteiger partial charge in [-0.05, 0) is 24.3 Å². The Hall–Kier alpha value is -2.36. The highest BCUT2D eigenvalue weighted by molar-refractivity contribution is 5.40. The molecule has 0 radical (unpaired) electrons. The van der Waals surface area contributed by atoms with Gasteiger partial charge in [0, 0.05) is 17.7 Å². The van der Waals surface area contributed by atoms with Gasteiger partial charge in [-0.2, -0.15) is 0 Å². The van der Waals surface area contributed by atoms with Crippen molar-refractivity contribution in [1.29, 1.82) is 0 Å². The average molecular weight is 246 g/mol. The first-order chi connectivity index (χ1) is 8.69. The number of rotatable bonds is 4. The van der Waals surface area contributed by atoms with E-state index in [1.807, 2.05) is 0 Å². The van der Waals surface area contributed by atoms with Crippen molar-refractivity contribution in [2.75, 3.05) is 7.11 Å². The van der Waals surface area contributed by atoms with Gasteiger partial charge < -0.3 is 19.7 Å². The molecule has 0 fully saturated rings. The van der Waals surface area contributed by atoms with E-state index in [-0.39, 0.29) is 11.5 Å². The molecular weight excluding hydrogens is 232 g/mol. The molecule has 0 unspecified atom stereocenters. The third-order valence-corrected chi connectivity index (χ3v) is 2.48. The first-order valence-electron chi connectivity index (χ1n) is 5.47. The molecule has 2 rings (SSSR count). The summed E-state index contributed by atoms with van der Waals surface area (Å²) < 4.78 is 10.7. The first kappa shape index (κ1) is 12.1. The van der Waals surface area contributed by atoms with E-state index in [4.69, 9.17) is 9.47 Å². The molecule has 18 heavy (non-hydrogen) atoms. The maximum atomic E-state index is 9.34.